The number of ether oxygens (including phenoxy) is 1. The Labute approximate surface area is 184 Å². The average Bonchev–Trinajstić information content (AvgIpc) is 3.00. The standard InChI is InChI=1S/C22H22N2O4S2/c1-3-11-28-17-9-7-15(8-10-17)12-19-21(26)24(22(27)30-19)14-20(25)23-16-5-4-6-18(13-16)29-2/h4-10,12-13H,3,11,14H2,1-2H3,(H,23,25)/b19-12-. The lowest BCUT2D eigenvalue weighted by molar-refractivity contribution is -0.127. The summed E-state index contributed by atoms with van der Waals surface area (Å²) in [4.78, 5) is 39.5. The summed E-state index contributed by atoms with van der Waals surface area (Å²) in [6.07, 6.45) is 4.51. The van der Waals surface area contributed by atoms with Crippen molar-refractivity contribution in [2.24, 2.45) is 0 Å². The molecule has 1 aliphatic rings. The van der Waals surface area contributed by atoms with Crippen molar-refractivity contribution in [2.75, 3.05) is 24.7 Å². The number of nitrogens with zero attached hydrogens (tertiary/aromatic N) is 1. The van der Waals surface area contributed by atoms with Crippen molar-refractivity contribution in [1.82, 2.24) is 4.90 Å². The smallest absolute Gasteiger partial charge is 0.294 e. The number of thioether (sulfide) groups is 2. The second kappa shape index (κ2) is 10.4. The molecule has 0 aromatic heterocycles. The summed E-state index contributed by atoms with van der Waals surface area (Å²) in [5.41, 5.74) is 1.41. The van der Waals surface area contributed by atoms with Crippen molar-refractivity contribution < 1.29 is 19.1 Å². The van der Waals surface area contributed by atoms with Gasteiger partial charge in [-0.15, -0.1) is 11.8 Å². The zero-order chi connectivity index (χ0) is 21.5. The number of carbonyl (C=O) groups excluding carboxylic acids is 3. The number of carbonyl (C=O) groups is 3. The lowest BCUT2D eigenvalue weighted by Gasteiger charge is -2.12. The highest BCUT2D eigenvalue weighted by Gasteiger charge is 2.36. The second-order valence-corrected chi connectivity index (χ2v) is 8.34. The third kappa shape index (κ3) is 5.67. The maximum atomic E-state index is 12.6. The summed E-state index contributed by atoms with van der Waals surface area (Å²) >= 11 is 2.39. The fraction of sp³-hybridized carbons (Fsp3) is 0.227. The van der Waals surface area contributed by atoms with Crippen LogP contribution in [0.15, 0.2) is 58.3 Å². The first-order chi connectivity index (χ1) is 14.5. The van der Waals surface area contributed by atoms with Crippen molar-refractivity contribution in [1.29, 1.82) is 0 Å². The van der Waals surface area contributed by atoms with Crippen LogP contribution >= 0.6 is 23.5 Å². The van der Waals surface area contributed by atoms with Crippen LogP contribution in [0.2, 0.25) is 0 Å². The Morgan fingerprint density at radius 1 is 1.20 bits per heavy atom. The number of imide groups is 1. The van der Waals surface area contributed by atoms with E-state index in [1.165, 1.54) is 0 Å². The number of hydrogen-bond donors (Lipinski definition) is 1. The first-order valence-corrected chi connectivity index (χ1v) is 11.5. The molecule has 0 unspecified atom stereocenters. The van der Waals surface area contributed by atoms with Gasteiger partial charge in [0.05, 0.1) is 11.5 Å². The van der Waals surface area contributed by atoms with Crippen LogP contribution in [0.4, 0.5) is 10.5 Å². The van der Waals surface area contributed by atoms with E-state index in [0.717, 1.165) is 39.3 Å². The maximum Gasteiger partial charge on any atom is 0.294 e. The van der Waals surface area contributed by atoms with E-state index in [9.17, 15) is 14.4 Å². The van der Waals surface area contributed by atoms with E-state index in [1.54, 1.807) is 23.9 Å². The van der Waals surface area contributed by atoms with Crippen molar-refractivity contribution in [3.63, 3.8) is 0 Å². The van der Waals surface area contributed by atoms with Gasteiger partial charge in [0.15, 0.2) is 0 Å². The van der Waals surface area contributed by atoms with E-state index < -0.39 is 17.1 Å². The highest BCUT2D eigenvalue weighted by atomic mass is 32.2. The molecule has 0 atom stereocenters. The van der Waals surface area contributed by atoms with Gasteiger partial charge in [-0.2, -0.15) is 0 Å². The van der Waals surface area contributed by atoms with E-state index in [-0.39, 0.29) is 6.54 Å². The number of amides is 3. The molecule has 1 aliphatic heterocycles. The first kappa shape index (κ1) is 22.0. The van der Waals surface area contributed by atoms with E-state index in [0.29, 0.717) is 17.2 Å². The highest BCUT2D eigenvalue weighted by molar-refractivity contribution is 8.18. The molecule has 6 nitrogen and oxygen atoms in total. The number of rotatable bonds is 8. The molecule has 1 saturated heterocycles. The molecular weight excluding hydrogens is 420 g/mol. The van der Waals surface area contributed by atoms with Crippen molar-refractivity contribution in [3.05, 3.63) is 59.0 Å². The zero-order valence-electron chi connectivity index (χ0n) is 16.7. The minimum atomic E-state index is -0.468. The molecule has 2 aromatic carbocycles. The fourth-order valence-electron chi connectivity index (χ4n) is 2.71. The molecule has 0 radical (unpaired) electrons. The molecule has 1 fully saturated rings. The van der Waals surface area contributed by atoms with Gasteiger partial charge in [-0.1, -0.05) is 25.1 Å². The average molecular weight is 443 g/mol. The molecule has 0 aliphatic carbocycles. The predicted octanol–water partition coefficient (Wildman–Crippen LogP) is 4.87. The van der Waals surface area contributed by atoms with Crippen LogP contribution in [0.5, 0.6) is 5.75 Å². The number of anilines is 1. The lowest BCUT2D eigenvalue weighted by atomic mass is 10.2. The summed E-state index contributed by atoms with van der Waals surface area (Å²) < 4.78 is 5.54. The molecule has 2 aromatic rings. The highest BCUT2D eigenvalue weighted by Crippen LogP contribution is 2.32. The summed E-state index contributed by atoms with van der Waals surface area (Å²) in [6.45, 7) is 2.35. The molecule has 0 bridgehead atoms. The topological polar surface area (TPSA) is 75.7 Å². The maximum absolute atomic E-state index is 12.6. The minimum absolute atomic E-state index is 0.291. The van der Waals surface area contributed by atoms with Crippen LogP contribution in [0, 0.1) is 0 Å². The van der Waals surface area contributed by atoms with Gasteiger partial charge >= 0.3 is 0 Å². The van der Waals surface area contributed by atoms with Gasteiger partial charge in [-0.05, 0) is 66.4 Å². The number of benzene rings is 2. The van der Waals surface area contributed by atoms with Crippen LogP contribution in [-0.4, -0.2) is 41.4 Å². The largest absolute Gasteiger partial charge is 0.494 e. The Morgan fingerprint density at radius 2 is 1.97 bits per heavy atom. The van der Waals surface area contributed by atoms with E-state index >= 15 is 0 Å². The van der Waals surface area contributed by atoms with Crippen molar-refractivity contribution >= 4 is 52.3 Å². The molecule has 8 heteroatoms. The zero-order valence-corrected chi connectivity index (χ0v) is 18.3. The Morgan fingerprint density at radius 3 is 2.67 bits per heavy atom. The summed E-state index contributed by atoms with van der Waals surface area (Å²) in [5, 5.41) is 2.27. The summed E-state index contributed by atoms with van der Waals surface area (Å²) in [7, 11) is 0. The molecule has 3 amide bonds. The van der Waals surface area contributed by atoms with Crippen molar-refractivity contribution in [3.8, 4) is 5.75 Å². The molecule has 0 saturated carbocycles. The Hall–Kier alpha value is -2.71. The Kier molecular flexibility index (Phi) is 7.59. The fourth-order valence-corrected chi connectivity index (χ4v) is 4.01. The van der Waals surface area contributed by atoms with E-state index in [4.69, 9.17) is 4.74 Å². The molecule has 1 N–H and O–H groups in total. The third-order valence-electron chi connectivity index (χ3n) is 4.18. The molecule has 3 rings (SSSR count). The molecule has 30 heavy (non-hydrogen) atoms. The van der Waals surface area contributed by atoms with Gasteiger partial charge in [0.2, 0.25) is 5.91 Å². The normalized spacial score (nSPS) is 15.0. The summed E-state index contributed by atoms with van der Waals surface area (Å²) in [5.74, 6) is -0.136. The summed E-state index contributed by atoms with van der Waals surface area (Å²) in [6, 6.07) is 14.7. The van der Waals surface area contributed by atoms with E-state index in [2.05, 4.69) is 5.32 Å². The predicted molar refractivity (Wildman–Crippen MR) is 122 cm³/mol. The monoisotopic (exact) mass is 442 g/mol. The lowest BCUT2D eigenvalue weighted by Crippen LogP contribution is -2.36. The van der Waals surface area contributed by atoms with E-state index in [1.807, 2.05) is 55.6 Å². The SMILES string of the molecule is CCCOc1ccc(/C=C2\SC(=O)N(CC(=O)Nc3cccc(SC)c3)C2=O)cc1. The Balaban J connectivity index is 1.63. The molecular formula is C22H22N2O4S2. The van der Waals surface area contributed by atoms with Gasteiger partial charge in [-0.3, -0.25) is 19.3 Å². The van der Waals surface area contributed by atoms with Crippen molar-refractivity contribution in [2.45, 2.75) is 18.2 Å². The number of nitrogens with one attached hydrogen (secondary N) is 1. The van der Waals surface area contributed by atoms with Gasteiger partial charge in [0, 0.05) is 10.6 Å². The van der Waals surface area contributed by atoms with Crippen LogP contribution in [0.1, 0.15) is 18.9 Å². The van der Waals surface area contributed by atoms with Gasteiger partial charge < -0.3 is 10.1 Å². The van der Waals surface area contributed by atoms with Gasteiger partial charge in [0.1, 0.15) is 12.3 Å². The third-order valence-corrected chi connectivity index (χ3v) is 5.81. The number of hydrogen-bond acceptors (Lipinski definition) is 6. The van der Waals surface area contributed by atoms with Gasteiger partial charge in [0.25, 0.3) is 11.1 Å². The molecule has 156 valence electrons. The Bertz CT molecular complexity index is 973. The minimum Gasteiger partial charge on any atom is -0.494 e. The van der Waals surface area contributed by atoms with Crippen LogP contribution < -0.4 is 10.1 Å². The van der Waals surface area contributed by atoms with Crippen LogP contribution in [-0.2, 0) is 9.59 Å². The molecule has 1 heterocycles. The first-order valence-electron chi connectivity index (χ1n) is 9.42. The van der Waals surface area contributed by atoms with Gasteiger partial charge in [-0.25, -0.2) is 0 Å². The quantitative estimate of drug-likeness (QED) is 0.464. The second-order valence-electron chi connectivity index (χ2n) is 6.47. The van der Waals surface area contributed by atoms with Crippen LogP contribution in [0.25, 0.3) is 6.08 Å². The van der Waals surface area contributed by atoms with Crippen LogP contribution in [0.3, 0.4) is 0 Å². The molecule has 0 spiro atoms.